The molecule has 0 fully saturated rings. The number of nitrogens with zero attached hydrogens (tertiary/aromatic N) is 1. The molecule has 0 aliphatic rings. The summed E-state index contributed by atoms with van der Waals surface area (Å²) < 4.78 is 0. The van der Waals surface area contributed by atoms with Crippen LogP contribution in [0.1, 0.15) is 32.3 Å². The summed E-state index contributed by atoms with van der Waals surface area (Å²) in [7, 11) is 0. The van der Waals surface area contributed by atoms with Gasteiger partial charge < -0.3 is 9.88 Å². The molecule has 0 bridgehead atoms. The summed E-state index contributed by atoms with van der Waals surface area (Å²) in [5.41, 5.74) is 2.18. The van der Waals surface area contributed by atoms with E-state index in [0.717, 1.165) is 29.6 Å². The van der Waals surface area contributed by atoms with Crippen LogP contribution >= 0.6 is 0 Å². The van der Waals surface area contributed by atoms with Crippen LogP contribution in [0.3, 0.4) is 0 Å². The Labute approximate surface area is 108 Å². The number of carbonyl (C=O) groups is 1. The van der Waals surface area contributed by atoms with E-state index in [1.54, 1.807) is 0 Å². The Morgan fingerprint density at radius 2 is 1.94 bits per heavy atom. The summed E-state index contributed by atoms with van der Waals surface area (Å²) in [4.78, 5) is 17.5. The number of aromatic nitrogens is 1. The van der Waals surface area contributed by atoms with Gasteiger partial charge in [0.15, 0.2) is 0 Å². The van der Waals surface area contributed by atoms with Crippen LogP contribution in [0.25, 0.3) is 10.9 Å². The third kappa shape index (κ3) is 2.13. The molecule has 1 aromatic heterocycles. The molecule has 1 aromatic carbocycles. The summed E-state index contributed by atoms with van der Waals surface area (Å²) in [6.45, 7) is 7.55. The molecule has 1 N–H and O–H groups in total. The summed E-state index contributed by atoms with van der Waals surface area (Å²) in [5.74, 6) is 0.103. The number of carbonyl (C=O) groups excluding carboxylic acids is 1. The van der Waals surface area contributed by atoms with Gasteiger partial charge in [0.05, 0.1) is 5.92 Å². The van der Waals surface area contributed by atoms with Gasteiger partial charge in [-0.3, -0.25) is 4.79 Å². The molecule has 0 saturated carbocycles. The van der Waals surface area contributed by atoms with Crippen LogP contribution in [0.15, 0.2) is 30.5 Å². The molecule has 0 aliphatic carbocycles. The van der Waals surface area contributed by atoms with Crippen molar-refractivity contribution in [1.82, 2.24) is 9.88 Å². The molecule has 1 unspecified atom stereocenters. The van der Waals surface area contributed by atoms with Crippen molar-refractivity contribution in [2.75, 3.05) is 13.1 Å². The average molecular weight is 244 g/mol. The molecule has 96 valence electrons. The van der Waals surface area contributed by atoms with E-state index < -0.39 is 0 Å². The first-order valence-electron chi connectivity index (χ1n) is 6.53. The fourth-order valence-corrected chi connectivity index (χ4v) is 2.39. The molecule has 3 nitrogen and oxygen atoms in total. The van der Waals surface area contributed by atoms with Crippen molar-refractivity contribution in [2.24, 2.45) is 0 Å². The number of amides is 1. The van der Waals surface area contributed by atoms with Gasteiger partial charge in [0.1, 0.15) is 0 Å². The van der Waals surface area contributed by atoms with Crippen LogP contribution < -0.4 is 0 Å². The standard InChI is InChI=1S/C15H20N2O/c1-4-17(5-2)15(18)11(3)13-10-16-14-9-7-6-8-12(13)14/h6-11,16H,4-5H2,1-3H3. The third-order valence-corrected chi connectivity index (χ3v) is 3.53. The maximum Gasteiger partial charge on any atom is 0.229 e. The number of para-hydroxylation sites is 1. The second kappa shape index (κ2) is 5.25. The van der Waals surface area contributed by atoms with Gasteiger partial charge in [0, 0.05) is 30.2 Å². The lowest BCUT2D eigenvalue weighted by atomic mass is 9.99. The second-order valence-electron chi connectivity index (χ2n) is 4.52. The molecule has 1 amide bonds. The van der Waals surface area contributed by atoms with E-state index in [1.807, 2.05) is 50.1 Å². The number of nitrogens with one attached hydrogen (secondary N) is 1. The maximum atomic E-state index is 12.4. The SMILES string of the molecule is CCN(CC)C(=O)C(C)c1c[nH]c2ccccc12. The number of hydrogen-bond donors (Lipinski definition) is 1. The molecular formula is C15H20N2O. The lowest BCUT2D eigenvalue weighted by molar-refractivity contribution is -0.132. The molecule has 0 aliphatic heterocycles. The Bertz CT molecular complexity index is 540. The zero-order valence-corrected chi connectivity index (χ0v) is 11.2. The molecule has 1 heterocycles. The topological polar surface area (TPSA) is 36.1 Å². The van der Waals surface area contributed by atoms with E-state index in [2.05, 4.69) is 11.1 Å². The van der Waals surface area contributed by atoms with Gasteiger partial charge in [-0.05, 0) is 32.4 Å². The molecule has 0 radical (unpaired) electrons. The van der Waals surface area contributed by atoms with Crippen LogP contribution in [-0.4, -0.2) is 28.9 Å². The quantitative estimate of drug-likeness (QED) is 0.881. The highest BCUT2D eigenvalue weighted by Crippen LogP contribution is 2.26. The molecule has 3 heteroatoms. The molecule has 2 rings (SSSR count). The predicted molar refractivity (Wildman–Crippen MR) is 74.6 cm³/mol. The lowest BCUT2D eigenvalue weighted by Gasteiger charge is -2.22. The number of rotatable bonds is 4. The van der Waals surface area contributed by atoms with E-state index in [-0.39, 0.29) is 11.8 Å². The number of benzene rings is 1. The Kier molecular flexibility index (Phi) is 3.70. The third-order valence-electron chi connectivity index (χ3n) is 3.53. The number of hydrogen-bond acceptors (Lipinski definition) is 1. The Balaban J connectivity index is 2.33. The van der Waals surface area contributed by atoms with Gasteiger partial charge in [-0.25, -0.2) is 0 Å². The monoisotopic (exact) mass is 244 g/mol. The lowest BCUT2D eigenvalue weighted by Crippen LogP contribution is -2.33. The minimum absolute atomic E-state index is 0.0963. The number of H-pyrrole nitrogens is 1. The first-order chi connectivity index (χ1) is 8.69. The number of fused-ring (bicyclic) bond motifs is 1. The smallest absolute Gasteiger partial charge is 0.229 e. The van der Waals surface area contributed by atoms with Crippen molar-refractivity contribution < 1.29 is 4.79 Å². The Morgan fingerprint density at radius 3 is 2.61 bits per heavy atom. The fraction of sp³-hybridized carbons (Fsp3) is 0.400. The zero-order chi connectivity index (χ0) is 13.1. The first kappa shape index (κ1) is 12.7. The van der Waals surface area contributed by atoms with E-state index in [9.17, 15) is 4.79 Å². The van der Waals surface area contributed by atoms with E-state index in [4.69, 9.17) is 0 Å². The number of aromatic amines is 1. The Hall–Kier alpha value is -1.77. The summed E-state index contributed by atoms with van der Waals surface area (Å²) in [5, 5.41) is 1.14. The van der Waals surface area contributed by atoms with Gasteiger partial charge in [-0.2, -0.15) is 0 Å². The maximum absolute atomic E-state index is 12.4. The highest BCUT2D eigenvalue weighted by atomic mass is 16.2. The van der Waals surface area contributed by atoms with Crippen molar-refractivity contribution in [1.29, 1.82) is 0 Å². The molecule has 2 aromatic rings. The van der Waals surface area contributed by atoms with E-state index in [1.165, 1.54) is 0 Å². The summed E-state index contributed by atoms with van der Waals surface area (Å²) in [6.07, 6.45) is 1.96. The summed E-state index contributed by atoms with van der Waals surface area (Å²) >= 11 is 0. The van der Waals surface area contributed by atoms with Crippen molar-refractivity contribution in [3.8, 4) is 0 Å². The van der Waals surface area contributed by atoms with Crippen molar-refractivity contribution >= 4 is 16.8 Å². The van der Waals surface area contributed by atoms with Crippen molar-refractivity contribution in [3.63, 3.8) is 0 Å². The van der Waals surface area contributed by atoms with Crippen LogP contribution in [0.4, 0.5) is 0 Å². The van der Waals surface area contributed by atoms with Gasteiger partial charge >= 0.3 is 0 Å². The van der Waals surface area contributed by atoms with Crippen LogP contribution in [0.2, 0.25) is 0 Å². The average Bonchev–Trinajstić information content (AvgIpc) is 2.83. The van der Waals surface area contributed by atoms with Crippen LogP contribution in [0, 0.1) is 0 Å². The van der Waals surface area contributed by atoms with E-state index >= 15 is 0 Å². The summed E-state index contributed by atoms with van der Waals surface area (Å²) in [6, 6.07) is 8.11. The molecular weight excluding hydrogens is 224 g/mol. The van der Waals surface area contributed by atoms with Crippen LogP contribution in [-0.2, 0) is 4.79 Å². The zero-order valence-electron chi connectivity index (χ0n) is 11.2. The first-order valence-corrected chi connectivity index (χ1v) is 6.53. The fourth-order valence-electron chi connectivity index (χ4n) is 2.39. The highest BCUT2D eigenvalue weighted by molar-refractivity contribution is 5.91. The minimum atomic E-state index is -0.0963. The molecule has 1 atom stereocenters. The van der Waals surface area contributed by atoms with Crippen molar-refractivity contribution in [3.05, 3.63) is 36.0 Å². The molecule has 0 spiro atoms. The van der Waals surface area contributed by atoms with Gasteiger partial charge in [0.25, 0.3) is 0 Å². The van der Waals surface area contributed by atoms with E-state index in [0.29, 0.717) is 0 Å². The van der Waals surface area contributed by atoms with Gasteiger partial charge in [-0.15, -0.1) is 0 Å². The van der Waals surface area contributed by atoms with Crippen LogP contribution in [0.5, 0.6) is 0 Å². The van der Waals surface area contributed by atoms with Gasteiger partial charge in [-0.1, -0.05) is 18.2 Å². The second-order valence-corrected chi connectivity index (χ2v) is 4.52. The van der Waals surface area contributed by atoms with Gasteiger partial charge in [0.2, 0.25) is 5.91 Å². The predicted octanol–water partition coefficient (Wildman–Crippen LogP) is 3.14. The molecule has 18 heavy (non-hydrogen) atoms. The van der Waals surface area contributed by atoms with Crippen molar-refractivity contribution in [2.45, 2.75) is 26.7 Å². The minimum Gasteiger partial charge on any atom is -0.361 e. The Morgan fingerprint density at radius 1 is 1.28 bits per heavy atom. The number of likely N-dealkylation sites (N-methyl/N-ethyl adjacent to an activating group) is 1. The normalized spacial score (nSPS) is 12.6. The largest absolute Gasteiger partial charge is 0.361 e. The molecule has 0 saturated heterocycles. The highest BCUT2D eigenvalue weighted by Gasteiger charge is 2.22.